The Morgan fingerprint density at radius 1 is 1.07 bits per heavy atom. The quantitative estimate of drug-likeness (QED) is 0.711. The lowest BCUT2D eigenvalue weighted by Crippen LogP contribution is -2.42. The number of hydrogen-bond donors (Lipinski definition) is 1. The summed E-state index contributed by atoms with van der Waals surface area (Å²) in [7, 11) is 1.60. The lowest BCUT2D eigenvalue weighted by atomic mass is 9.97. The summed E-state index contributed by atoms with van der Waals surface area (Å²) in [6.45, 7) is 11.9. The smallest absolute Gasteiger partial charge is 0.274 e. The molecule has 1 aromatic heterocycles. The molecule has 0 unspecified atom stereocenters. The number of aryl methyl sites for hydroxylation is 1. The van der Waals surface area contributed by atoms with Crippen LogP contribution >= 0.6 is 0 Å². The van der Waals surface area contributed by atoms with E-state index < -0.39 is 0 Å². The maximum Gasteiger partial charge on any atom is 0.274 e. The second kappa shape index (κ2) is 10.3. The Morgan fingerprint density at radius 3 is 2.04 bits per heavy atom. The molecule has 1 heterocycles. The molecule has 1 rings (SSSR count). The molecule has 6 nitrogen and oxygen atoms in total. The van der Waals surface area contributed by atoms with Gasteiger partial charge in [0.15, 0.2) is 0 Å². The summed E-state index contributed by atoms with van der Waals surface area (Å²) >= 11 is 0. The summed E-state index contributed by atoms with van der Waals surface area (Å²) in [5.74, 6) is -0.415. The van der Waals surface area contributed by atoms with Crippen LogP contribution in [0.15, 0.2) is 17.1 Å². The monoisotopic (exact) mass is 377 g/mol. The molecular weight excluding hydrogens is 342 g/mol. The zero-order valence-electron chi connectivity index (χ0n) is 17.8. The van der Waals surface area contributed by atoms with Crippen LogP contribution in [0.1, 0.15) is 77.6 Å². The number of pyridine rings is 1. The molecule has 0 spiro atoms. The van der Waals surface area contributed by atoms with E-state index in [2.05, 4.69) is 5.32 Å². The van der Waals surface area contributed by atoms with E-state index in [9.17, 15) is 14.4 Å². The first-order valence-electron chi connectivity index (χ1n) is 9.98. The topological polar surface area (TPSA) is 71.4 Å². The van der Waals surface area contributed by atoms with E-state index in [1.807, 2.05) is 41.5 Å². The molecule has 0 saturated heterocycles. The van der Waals surface area contributed by atoms with Crippen molar-refractivity contribution in [2.24, 2.45) is 13.0 Å². The van der Waals surface area contributed by atoms with Crippen LogP contribution in [0.4, 0.5) is 5.69 Å². The Balaban J connectivity index is 3.21. The molecule has 0 fully saturated rings. The minimum absolute atomic E-state index is 0.0336. The number of aromatic nitrogens is 1. The predicted octanol–water partition coefficient (Wildman–Crippen LogP) is 3.80. The molecule has 0 aliphatic heterocycles. The van der Waals surface area contributed by atoms with Crippen molar-refractivity contribution in [3.63, 3.8) is 0 Å². The Morgan fingerprint density at radius 2 is 1.59 bits per heavy atom. The third-order valence-corrected chi connectivity index (χ3v) is 4.68. The van der Waals surface area contributed by atoms with Gasteiger partial charge in [0.1, 0.15) is 5.69 Å². The second-order valence-electron chi connectivity index (χ2n) is 7.72. The van der Waals surface area contributed by atoms with E-state index in [1.54, 1.807) is 11.9 Å². The van der Waals surface area contributed by atoms with Crippen molar-refractivity contribution in [2.75, 3.05) is 5.32 Å². The number of nitrogens with zero attached hydrogens (tertiary/aromatic N) is 2. The lowest BCUT2D eigenvalue weighted by molar-refractivity contribution is -0.120. The van der Waals surface area contributed by atoms with Gasteiger partial charge in [0.05, 0.1) is 5.56 Å². The van der Waals surface area contributed by atoms with Gasteiger partial charge >= 0.3 is 0 Å². The number of amides is 2. The molecule has 6 heteroatoms. The van der Waals surface area contributed by atoms with Crippen molar-refractivity contribution in [1.29, 1.82) is 0 Å². The molecule has 0 atom stereocenters. The highest BCUT2D eigenvalue weighted by molar-refractivity contribution is 5.97. The minimum atomic E-state index is -0.313. The zero-order valence-corrected chi connectivity index (χ0v) is 17.8. The highest BCUT2D eigenvalue weighted by atomic mass is 16.2. The van der Waals surface area contributed by atoms with Gasteiger partial charge in [-0.1, -0.05) is 26.7 Å². The maximum atomic E-state index is 13.0. The van der Waals surface area contributed by atoms with Crippen LogP contribution in [0.25, 0.3) is 0 Å². The van der Waals surface area contributed by atoms with Crippen LogP contribution < -0.4 is 10.9 Å². The van der Waals surface area contributed by atoms with Crippen LogP contribution in [-0.4, -0.2) is 33.4 Å². The Bertz CT molecular complexity index is 693. The van der Waals surface area contributed by atoms with Crippen LogP contribution in [0.5, 0.6) is 0 Å². The van der Waals surface area contributed by atoms with E-state index in [0.717, 1.165) is 25.7 Å². The van der Waals surface area contributed by atoms with Crippen molar-refractivity contribution in [3.8, 4) is 0 Å². The van der Waals surface area contributed by atoms with Gasteiger partial charge in [0.2, 0.25) is 5.91 Å². The molecule has 0 radical (unpaired) electrons. The third-order valence-electron chi connectivity index (χ3n) is 4.68. The largest absolute Gasteiger partial charge is 0.334 e. The first-order chi connectivity index (χ1) is 12.6. The predicted molar refractivity (Wildman–Crippen MR) is 110 cm³/mol. The van der Waals surface area contributed by atoms with E-state index in [0.29, 0.717) is 5.56 Å². The molecule has 0 bridgehead atoms. The molecule has 0 aromatic carbocycles. The average molecular weight is 378 g/mol. The van der Waals surface area contributed by atoms with Crippen molar-refractivity contribution >= 4 is 17.5 Å². The number of carbonyl (C=O) groups is 2. The number of anilines is 1. The summed E-state index contributed by atoms with van der Waals surface area (Å²) < 4.78 is 1.36. The summed E-state index contributed by atoms with van der Waals surface area (Å²) in [5, 5.41) is 2.77. The fraction of sp³-hybridized carbons (Fsp3) is 0.667. The zero-order chi connectivity index (χ0) is 20.7. The Labute approximate surface area is 162 Å². The van der Waals surface area contributed by atoms with Gasteiger partial charge in [-0.25, -0.2) is 0 Å². The molecule has 0 saturated carbocycles. The van der Waals surface area contributed by atoms with Crippen molar-refractivity contribution in [2.45, 2.75) is 79.3 Å². The summed E-state index contributed by atoms with van der Waals surface area (Å²) in [6, 6.07) is 1.58. The minimum Gasteiger partial charge on any atom is -0.334 e. The molecular formula is C21H35N3O3. The highest BCUT2D eigenvalue weighted by Gasteiger charge is 2.24. The molecule has 1 aromatic rings. The molecule has 0 aliphatic rings. The normalized spacial score (nSPS) is 11.3. The summed E-state index contributed by atoms with van der Waals surface area (Å²) in [4.78, 5) is 39.8. The van der Waals surface area contributed by atoms with Crippen LogP contribution in [0.2, 0.25) is 0 Å². The number of hydrogen-bond acceptors (Lipinski definition) is 3. The van der Waals surface area contributed by atoms with Gasteiger partial charge in [0, 0.05) is 31.2 Å². The summed E-state index contributed by atoms with van der Waals surface area (Å²) in [5.41, 5.74) is 0.252. The Kier molecular flexibility index (Phi) is 8.73. The van der Waals surface area contributed by atoms with Crippen molar-refractivity contribution < 1.29 is 9.59 Å². The number of nitrogens with one attached hydrogen (secondary N) is 1. The van der Waals surface area contributed by atoms with Gasteiger partial charge < -0.3 is 14.8 Å². The fourth-order valence-corrected chi connectivity index (χ4v) is 3.47. The third kappa shape index (κ3) is 5.94. The Hall–Kier alpha value is -2.11. The molecule has 1 N–H and O–H groups in total. The van der Waals surface area contributed by atoms with Crippen molar-refractivity contribution in [1.82, 2.24) is 9.47 Å². The number of rotatable bonds is 9. The van der Waals surface area contributed by atoms with Crippen LogP contribution in [-0.2, 0) is 11.8 Å². The maximum absolute atomic E-state index is 13.0. The fourth-order valence-electron chi connectivity index (χ4n) is 3.47. The lowest BCUT2D eigenvalue weighted by Gasteiger charge is -2.31. The average Bonchev–Trinajstić information content (AvgIpc) is 2.57. The first kappa shape index (κ1) is 22.9. The van der Waals surface area contributed by atoms with E-state index >= 15 is 0 Å². The van der Waals surface area contributed by atoms with Gasteiger partial charge in [-0.15, -0.1) is 0 Å². The SMILES string of the molecule is CCCC(CCC)C(=O)Nc1cc(C(=O)N(C(C)C)C(C)C)cn(C)c1=O. The molecule has 152 valence electrons. The van der Waals surface area contributed by atoms with Gasteiger partial charge in [-0.3, -0.25) is 14.4 Å². The van der Waals surface area contributed by atoms with E-state index in [4.69, 9.17) is 0 Å². The van der Waals surface area contributed by atoms with Crippen LogP contribution in [0, 0.1) is 5.92 Å². The van der Waals surface area contributed by atoms with Gasteiger partial charge in [-0.2, -0.15) is 0 Å². The van der Waals surface area contributed by atoms with Gasteiger partial charge in [-0.05, 0) is 46.6 Å². The van der Waals surface area contributed by atoms with E-state index in [-0.39, 0.29) is 41.1 Å². The molecule has 0 aliphatic carbocycles. The van der Waals surface area contributed by atoms with Crippen molar-refractivity contribution in [3.05, 3.63) is 28.2 Å². The standard InChI is InChI=1S/C21H35N3O3/c1-8-10-16(11-9-2)19(25)22-18-12-17(13-23(7)21(18)27)20(26)24(14(3)4)15(5)6/h12-16H,8-11H2,1-7H3,(H,22,25). The highest BCUT2D eigenvalue weighted by Crippen LogP contribution is 2.18. The van der Waals surface area contributed by atoms with Crippen LogP contribution in [0.3, 0.4) is 0 Å². The molecule has 27 heavy (non-hydrogen) atoms. The van der Waals surface area contributed by atoms with E-state index in [1.165, 1.54) is 16.8 Å². The summed E-state index contributed by atoms with van der Waals surface area (Å²) in [6.07, 6.45) is 4.92. The first-order valence-corrected chi connectivity index (χ1v) is 9.98. The molecule has 2 amide bonds. The number of carbonyl (C=O) groups excluding carboxylic acids is 2. The van der Waals surface area contributed by atoms with Gasteiger partial charge in [0.25, 0.3) is 11.5 Å². The second-order valence-corrected chi connectivity index (χ2v) is 7.72.